The number of fused-ring (bicyclic) bond motifs is 1. The first kappa shape index (κ1) is 7.85. The van der Waals surface area contributed by atoms with Gasteiger partial charge in [-0.15, -0.1) is 0 Å². The van der Waals surface area contributed by atoms with E-state index in [-0.39, 0.29) is 21.2 Å². The van der Waals surface area contributed by atoms with Gasteiger partial charge in [-0.2, -0.15) is 0 Å². The second kappa shape index (κ2) is 2.93. The van der Waals surface area contributed by atoms with Crippen LogP contribution in [-0.4, -0.2) is 14.9 Å². The molecule has 3 nitrogen and oxygen atoms in total. The summed E-state index contributed by atoms with van der Waals surface area (Å²) >= 11 is 0.155. The molecule has 0 aliphatic carbocycles. The zero-order valence-corrected chi connectivity index (χ0v) is 8.79. The number of nitrogen functional groups attached to an aromatic ring is 1. The molecular formula is C8H9IN3-. The molecule has 64 valence electrons. The number of H-pyrrole nitrogens is 1. The number of rotatable bonds is 1. The Balaban J connectivity index is 2.66. The third kappa shape index (κ3) is 1.26. The summed E-state index contributed by atoms with van der Waals surface area (Å²) in [5.41, 5.74) is 7.52. The van der Waals surface area contributed by atoms with Crippen LogP contribution < -0.4 is 26.9 Å². The first-order valence-corrected chi connectivity index (χ1v) is 6.78. The fraction of sp³-hybridized carbons (Fsp3) is 0.125. The van der Waals surface area contributed by atoms with Crippen molar-refractivity contribution in [3.8, 4) is 0 Å². The Bertz CT molecular complexity index is 408. The zero-order valence-electron chi connectivity index (χ0n) is 6.63. The van der Waals surface area contributed by atoms with Crippen molar-refractivity contribution in [1.82, 2.24) is 9.97 Å². The second-order valence-electron chi connectivity index (χ2n) is 2.47. The van der Waals surface area contributed by atoms with Gasteiger partial charge in [-0.3, -0.25) is 0 Å². The number of benzene rings is 1. The number of halogens is 1. The van der Waals surface area contributed by atoms with Crippen molar-refractivity contribution in [2.24, 2.45) is 0 Å². The van der Waals surface area contributed by atoms with E-state index >= 15 is 0 Å². The number of nitrogens with one attached hydrogen (secondary N) is 1. The molecule has 1 aromatic carbocycles. The number of hydrogen-bond donors (Lipinski definition) is 2. The van der Waals surface area contributed by atoms with Crippen molar-refractivity contribution in [2.45, 2.75) is 0 Å². The van der Waals surface area contributed by atoms with E-state index in [1.54, 1.807) is 0 Å². The summed E-state index contributed by atoms with van der Waals surface area (Å²) in [4.78, 5) is 9.38. The van der Waals surface area contributed by atoms with Gasteiger partial charge in [0.15, 0.2) is 0 Å². The van der Waals surface area contributed by atoms with Crippen molar-refractivity contribution in [1.29, 1.82) is 0 Å². The number of alkyl halides is 1. The third-order valence-corrected chi connectivity index (χ3v) is 3.60. The number of hydrogen-bond acceptors (Lipinski definition) is 2. The van der Waals surface area contributed by atoms with Gasteiger partial charge < -0.3 is 0 Å². The molecule has 12 heavy (non-hydrogen) atoms. The van der Waals surface area contributed by atoms with E-state index in [1.165, 1.54) is 3.57 Å². The summed E-state index contributed by atoms with van der Waals surface area (Å²) in [7, 11) is 0. The number of nitrogens with two attached hydrogens (primary N) is 1. The van der Waals surface area contributed by atoms with Gasteiger partial charge in [0.05, 0.1) is 0 Å². The Labute approximate surface area is 80.6 Å². The molecule has 2 aromatic rings. The molecule has 3 N–H and O–H groups in total. The average molecular weight is 274 g/mol. The Hall–Kier alpha value is -0.780. The third-order valence-electron chi connectivity index (χ3n) is 1.68. The van der Waals surface area contributed by atoms with E-state index in [9.17, 15) is 0 Å². The van der Waals surface area contributed by atoms with Crippen LogP contribution in [0.3, 0.4) is 0 Å². The van der Waals surface area contributed by atoms with Crippen molar-refractivity contribution in [3.05, 3.63) is 21.8 Å². The fourth-order valence-corrected chi connectivity index (χ4v) is 2.28. The van der Waals surface area contributed by atoms with Gasteiger partial charge in [0.2, 0.25) is 0 Å². The first-order chi connectivity index (χ1) is 5.79. The molecular weight excluding hydrogens is 265 g/mol. The maximum absolute atomic E-state index is 5.52. The van der Waals surface area contributed by atoms with E-state index in [0.29, 0.717) is 5.95 Å². The van der Waals surface area contributed by atoms with E-state index in [1.807, 2.05) is 6.07 Å². The van der Waals surface area contributed by atoms with Crippen LogP contribution in [0.1, 0.15) is 0 Å². The van der Waals surface area contributed by atoms with E-state index in [4.69, 9.17) is 5.73 Å². The molecule has 4 heteroatoms. The predicted molar refractivity (Wildman–Crippen MR) is 45.1 cm³/mol. The quantitative estimate of drug-likeness (QED) is 0.468. The van der Waals surface area contributed by atoms with Crippen molar-refractivity contribution in [2.75, 3.05) is 10.7 Å². The summed E-state index contributed by atoms with van der Waals surface area (Å²) in [6.45, 7) is 0. The summed E-state index contributed by atoms with van der Waals surface area (Å²) < 4.78 is 1.41. The Morgan fingerprint density at radius 1 is 1.50 bits per heavy atom. The minimum absolute atomic E-state index is 0.155. The normalized spacial score (nSPS) is 11.1. The predicted octanol–water partition coefficient (Wildman–Crippen LogP) is -1.97. The molecule has 0 unspecified atom stereocenters. The van der Waals surface area contributed by atoms with Crippen LogP contribution in [0.15, 0.2) is 18.2 Å². The zero-order chi connectivity index (χ0) is 8.55. The van der Waals surface area contributed by atoms with Crippen LogP contribution in [0.2, 0.25) is 0 Å². The maximum atomic E-state index is 5.52. The van der Waals surface area contributed by atoms with Crippen LogP contribution in [0.5, 0.6) is 0 Å². The molecule has 0 atom stereocenters. The minimum atomic E-state index is 0.155. The Kier molecular flexibility index (Phi) is 1.92. The van der Waals surface area contributed by atoms with E-state index in [2.05, 4.69) is 27.0 Å². The molecule has 1 heterocycles. The van der Waals surface area contributed by atoms with Crippen LogP contribution in [0, 0.1) is 3.57 Å². The van der Waals surface area contributed by atoms with Gasteiger partial charge in [0.1, 0.15) is 0 Å². The summed E-state index contributed by atoms with van der Waals surface area (Å²) in [5.74, 6) is 0.497. The monoisotopic (exact) mass is 274 g/mol. The Morgan fingerprint density at radius 3 is 3.08 bits per heavy atom. The topological polar surface area (TPSA) is 54.7 Å². The molecule has 0 saturated carbocycles. The van der Waals surface area contributed by atoms with E-state index < -0.39 is 0 Å². The number of anilines is 1. The van der Waals surface area contributed by atoms with Gasteiger partial charge in [-0.25, -0.2) is 0 Å². The average Bonchev–Trinajstić information content (AvgIpc) is 2.43. The summed E-state index contributed by atoms with van der Waals surface area (Å²) in [5, 5.41) is 0. The first-order valence-electron chi connectivity index (χ1n) is 3.54. The van der Waals surface area contributed by atoms with Crippen molar-refractivity contribution in [3.63, 3.8) is 0 Å². The van der Waals surface area contributed by atoms with Gasteiger partial charge in [0, 0.05) is 0 Å². The van der Waals surface area contributed by atoms with Crippen molar-refractivity contribution >= 4 is 17.0 Å². The van der Waals surface area contributed by atoms with E-state index in [0.717, 1.165) is 11.0 Å². The van der Waals surface area contributed by atoms with Gasteiger partial charge in [-0.05, 0) is 0 Å². The Morgan fingerprint density at radius 2 is 2.33 bits per heavy atom. The summed E-state index contributed by atoms with van der Waals surface area (Å²) in [6.07, 6.45) is 0. The van der Waals surface area contributed by atoms with Crippen LogP contribution in [-0.2, 0) is 0 Å². The fourth-order valence-electron chi connectivity index (χ4n) is 1.12. The number of nitrogens with zero attached hydrogens (tertiary/aromatic N) is 1. The molecule has 0 amide bonds. The molecule has 0 radical (unpaired) electrons. The number of aromatic nitrogens is 2. The van der Waals surface area contributed by atoms with Gasteiger partial charge in [-0.1, -0.05) is 0 Å². The van der Waals surface area contributed by atoms with Crippen LogP contribution in [0.4, 0.5) is 5.95 Å². The van der Waals surface area contributed by atoms with Crippen LogP contribution >= 0.6 is 0 Å². The van der Waals surface area contributed by atoms with Gasteiger partial charge in [0.25, 0.3) is 0 Å². The molecule has 0 fully saturated rings. The molecule has 0 aliphatic rings. The summed E-state index contributed by atoms with van der Waals surface area (Å²) in [6, 6.07) is 6.27. The molecule has 0 bridgehead atoms. The number of aromatic amines is 1. The van der Waals surface area contributed by atoms with Gasteiger partial charge >= 0.3 is 80.6 Å². The number of imidazole rings is 1. The molecule has 1 aromatic heterocycles. The van der Waals surface area contributed by atoms with Crippen molar-refractivity contribution < 1.29 is 21.2 Å². The second-order valence-corrected chi connectivity index (χ2v) is 4.80. The SMILES string of the molecule is C[I-]c1ccc2nc(N)[nH]c2c1. The molecule has 0 aliphatic heterocycles. The molecule has 0 saturated heterocycles. The van der Waals surface area contributed by atoms with Crippen LogP contribution in [0.25, 0.3) is 11.0 Å². The molecule has 2 rings (SSSR count). The standard InChI is InChI=1S/C8H9IN3/c1-9-5-2-3-6-7(4-5)12-8(10)11-6/h2-4H,1H3,(H3,10,11,12)/q-1. The molecule has 0 spiro atoms.